The van der Waals surface area contributed by atoms with Crippen molar-refractivity contribution < 1.29 is 22.7 Å². The van der Waals surface area contributed by atoms with Crippen molar-refractivity contribution in [3.05, 3.63) is 42.5 Å². The van der Waals surface area contributed by atoms with Gasteiger partial charge in [0.1, 0.15) is 12.4 Å². The lowest BCUT2D eigenvalue weighted by Crippen LogP contribution is -2.62. The first-order chi connectivity index (χ1) is 13.0. The Balaban J connectivity index is 1.31. The monoisotopic (exact) mass is 390 g/mol. The molecule has 2 atom stereocenters. The summed E-state index contributed by atoms with van der Waals surface area (Å²) in [6.45, 7) is 0.418. The van der Waals surface area contributed by atoms with Crippen LogP contribution in [0.2, 0.25) is 0 Å². The third-order valence-electron chi connectivity index (χ3n) is 5.48. The van der Waals surface area contributed by atoms with Crippen molar-refractivity contribution in [3.63, 3.8) is 0 Å². The number of nitrogens with zero attached hydrogens (tertiary/aromatic N) is 2. The normalized spacial score (nSPS) is 26.1. The molecule has 144 valence electrons. The maximum Gasteiger partial charge on any atom is 0.233 e. The van der Waals surface area contributed by atoms with Crippen molar-refractivity contribution >= 4 is 21.8 Å². The fourth-order valence-electron chi connectivity index (χ4n) is 3.90. The standard InChI is InChI=1S/C19H22N2O5S/c22-18-16-8-4-5-9-17(16)19(23)21(18)14-12-20(13-14)27(24,25)11-10-26-15-6-2-1-3-7-15/h1-7,14,16-17H,8-13H2/t16-,17-/m0/s1. The molecule has 0 spiro atoms. The van der Waals surface area contributed by atoms with Gasteiger partial charge in [0, 0.05) is 13.1 Å². The minimum atomic E-state index is -3.47. The van der Waals surface area contributed by atoms with Crippen LogP contribution >= 0.6 is 0 Å². The van der Waals surface area contributed by atoms with Gasteiger partial charge in [-0.1, -0.05) is 30.4 Å². The van der Waals surface area contributed by atoms with Crippen LogP contribution in [0.4, 0.5) is 0 Å². The van der Waals surface area contributed by atoms with E-state index in [1.54, 1.807) is 12.1 Å². The lowest BCUT2D eigenvalue weighted by Gasteiger charge is -2.42. The largest absolute Gasteiger partial charge is 0.492 e. The van der Waals surface area contributed by atoms with Gasteiger partial charge in [-0.3, -0.25) is 14.5 Å². The number of likely N-dealkylation sites (tertiary alicyclic amines) is 1. The first kappa shape index (κ1) is 18.2. The van der Waals surface area contributed by atoms with Gasteiger partial charge in [-0.2, -0.15) is 4.31 Å². The molecule has 0 unspecified atom stereocenters. The predicted molar refractivity (Wildman–Crippen MR) is 98.3 cm³/mol. The number of fused-ring (bicyclic) bond motifs is 1. The summed E-state index contributed by atoms with van der Waals surface area (Å²) >= 11 is 0. The third kappa shape index (κ3) is 3.39. The number of ether oxygens (including phenoxy) is 1. The van der Waals surface area contributed by atoms with Crippen LogP contribution in [0.3, 0.4) is 0 Å². The minimum Gasteiger partial charge on any atom is -0.492 e. The van der Waals surface area contributed by atoms with Crippen LogP contribution in [-0.2, 0) is 19.6 Å². The number of rotatable bonds is 6. The van der Waals surface area contributed by atoms with Gasteiger partial charge in [0.2, 0.25) is 21.8 Å². The van der Waals surface area contributed by atoms with Crippen molar-refractivity contribution in [2.75, 3.05) is 25.4 Å². The molecule has 0 N–H and O–H groups in total. The molecule has 2 heterocycles. The molecule has 1 aliphatic carbocycles. The highest BCUT2D eigenvalue weighted by molar-refractivity contribution is 7.89. The summed E-state index contributed by atoms with van der Waals surface area (Å²) in [5.74, 6) is -0.350. The van der Waals surface area contributed by atoms with Gasteiger partial charge in [0.05, 0.1) is 23.6 Å². The van der Waals surface area contributed by atoms with Crippen LogP contribution in [0.25, 0.3) is 0 Å². The topological polar surface area (TPSA) is 84.0 Å². The molecular formula is C19H22N2O5S. The third-order valence-corrected chi connectivity index (χ3v) is 7.25. The van der Waals surface area contributed by atoms with Crippen LogP contribution in [0, 0.1) is 11.8 Å². The Bertz CT molecular complexity index is 835. The molecule has 2 fully saturated rings. The maximum atomic E-state index is 12.6. The number of carbonyl (C=O) groups excluding carboxylic acids is 2. The molecule has 1 aromatic rings. The molecule has 0 bridgehead atoms. The molecule has 8 heteroatoms. The molecule has 7 nitrogen and oxygen atoms in total. The van der Waals surface area contributed by atoms with E-state index in [2.05, 4.69) is 0 Å². The summed E-state index contributed by atoms with van der Waals surface area (Å²) in [6.07, 6.45) is 5.08. The molecule has 2 aliphatic heterocycles. The first-order valence-corrected chi connectivity index (χ1v) is 10.8. The van der Waals surface area contributed by atoms with Crippen LogP contribution < -0.4 is 4.74 Å². The lowest BCUT2D eigenvalue weighted by atomic mass is 9.85. The summed E-state index contributed by atoms with van der Waals surface area (Å²) in [5.41, 5.74) is 0. The van der Waals surface area contributed by atoms with E-state index in [1.807, 2.05) is 30.4 Å². The molecule has 2 saturated heterocycles. The van der Waals surface area contributed by atoms with Crippen molar-refractivity contribution in [2.24, 2.45) is 11.8 Å². The highest BCUT2D eigenvalue weighted by Crippen LogP contribution is 2.37. The quantitative estimate of drug-likeness (QED) is 0.535. The summed E-state index contributed by atoms with van der Waals surface area (Å²) in [6, 6.07) is 8.69. The minimum absolute atomic E-state index is 0.0604. The summed E-state index contributed by atoms with van der Waals surface area (Å²) < 4.78 is 31.6. The van der Waals surface area contributed by atoms with E-state index in [9.17, 15) is 18.0 Å². The second kappa shape index (κ2) is 7.09. The van der Waals surface area contributed by atoms with E-state index < -0.39 is 10.0 Å². The summed E-state index contributed by atoms with van der Waals surface area (Å²) in [4.78, 5) is 26.4. The highest BCUT2D eigenvalue weighted by atomic mass is 32.2. The maximum absolute atomic E-state index is 12.6. The Morgan fingerprint density at radius 3 is 2.15 bits per heavy atom. The number of amides is 2. The van der Waals surface area contributed by atoms with E-state index in [4.69, 9.17) is 4.74 Å². The van der Waals surface area contributed by atoms with E-state index in [-0.39, 0.29) is 55.1 Å². The van der Waals surface area contributed by atoms with Crippen molar-refractivity contribution in [1.82, 2.24) is 9.21 Å². The highest BCUT2D eigenvalue weighted by Gasteiger charge is 2.53. The fraction of sp³-hybridized carbons (Fsp3) is 0.474. The smallest absolute Gasteiger partial charge is 0.233 e. The molecule has 0 radical (unpaired) electrons. The van der Waals surface area contributed by atoms with Crippen molar-refractivity contribution in [1.29, 1.82) is 0 Å². The van der Waals surface area contributed by atoms with E-state index >= 15 is 0 Å². The first-order valence-electron chi connectivity index (χ1n) is 9.15. The van der Waals surface area contributed by atoms with Crippen molar-refractivity contribution in [2.45, 2.75) is 18.9 Å². The number of carbonyl (C=O) groups is 2. The van der Waals surface area contributed by atoms with Gasteiger partial charge in [-0.15, -0.1) is 0 Å². The van der Waals surface area contributed by atoms with Crippen molar-refractivity contribution in [3.8, 4) is 5.75 Å². The van der Waals surface area contributed by atoms with E-state index in [0.717, 1.165) is 0 Å². The number of sulfonamides is 1. The van der Waals surface area contributed by atoms with Crippen LogP contribution in [-0.4, -0.2) is 60.9 Å². The Hall–Kier alpha value is -2.19. The van der Waals surface area contributed by atoms with Crippen LogP contribution in [0.15, 0.2) is 42.5 Å². The lowest BCUT2D eigenvalue weighted by molar-refractivity contribution is -0.145. The zero-order valence-electron chi connectivity index (χ0n) is 14.9. The van der Waals surface area contributed by atoms with E-state index in [1.165, 1.54) is 9.21 Å². The van der Waals surface area contributed by atoms with Gasteiger partial charge in [-0.25, -0.2) is 8.42 Å². The Morgan fingerprint density at radius 2 is 1.56 bits per heavy atom. The Morgan fingerprint density at radius 1 is 0.963 bits per heavy atom. The molecule has 2 amide bonds. The van der Waals surface area contributed by atoms with E-state index in [0.29, 0.717) is 18.6 Å². The molecule has 0 saturated carbocycles. The molecule has 27 heavy (non-hydrogen) atoms. The van der Waals surface area contributed by atoms with Gasteiger partial charge in [0.15, 0.2) is 0 Å². The number of hydrogen-bond donors (Lipinski definition) is 0. The predicted octanol–water partition coefficient (Wildman–Crippen LogP) is 1.03. The number of benzene rings is 1. The van der Waals surface area contributed by atoms with Gasteiger partial charge in [-0.05, 0) is 25.0 Å². The zero-order chi connectivity index (χ0) is 19.0. The van der Waals surface area contributed by atoms with Gasteiger partial charge < -0.3 is 4.74 Å². The summed E-state index contributed by atoms with van der Waals surface area (Å²) in [7, 11) is -3.47. The van der Waals surface area contributed by atoms with Crippen LogP contribution in [0.1, 0.15) is 12.8 Å². The SMILES string of the molecule is O=C1[C@H]2CC=CC[C@@H]2C(=O)N1C1CN(S(=O)(=O)CCOc2ccccc2)C1. The molecule has 0 aromatic heterocycles. The van der Waals surface area contributed by atoms with Gasteiger partial charge >= 0.3 is 0 Å². The molecule has 1 aromatic carbocycles. The number of imide groups is 1. The molecule has 3 aliphatic rings. The Labute approximate surface area is 158 Å². The number of allylic oxidation sites excluding steroid dienone is 2. The molecular weight excluding hydrogens is 368 g/mol. The fourth-order valence-corrected chi connectivity index (χ4v) is 5.25. The van der Waals surface area contributed by atoms with Crippen LogP contribution in [0.5, 0.6) is 5.75 Å². The second-order valence-electron chi connectivity index (χ2n) is 7.15. The molecule has 4 rings (SSSR count). The number of hydrogen-bond acceptors (Lipinski definition) is 5. The van der Waals surface area contributed by atoms with Gasteiger partial charge in [0.25, 0.3) is 0 Å². The average Bonchev–Trinajstić information content (AvgIpc) is 2.87. The zero-order valence-corrected chi connectivity index (χ0v) is 15.7. The second-order valence-corrected chi connectivity index (χ2v) is 9.24. The number of para-hydroxylation sites is 1. The average molecular weight is 390 g/mol. The Kier molecular flexibility index (Phi) is 4.77. The summed E-state index contributed by atoms with van der Waals surface area (Å²) in [5, 5.41) is 0.